The lowest BCUT2D eigenvalue weighted by Crippen LogP contribution is -2.09. The lowest BCUT2D eigenvalue weighted by Gasteiger charge is -2.11. The van der Waals surface area contributed by atoms with Gasteiger partial charge in [0.15, 0.2) is 0 Å². The van der Waals surface area contributed by atoms with Crippen molar-refractivity contribution < 1.29 is 9.53 Å². The minimum atomic E-state index is -0.338. The van der Waals surface area contributed by atoms with Gasteiger partial charge < -0.3 is 15.4 Å². The number of halogens is 1. The molecule has 0 spiro atoms. The van der Waals surface area contributed by atoms with E-state index in [1.165, 1.54) is 27.8 Å². The zero-order valence-electron chi connectivity index (χ0n) is 36.8. The first kappa shape index (κ1) is 44.7. The molecule has 322 valence electrons. The van der Waals surface area contributed by atoms with Crippen molar-refractivity contribution in [1.82, 2.24) is 29.9 Å². The van der Waals surface area contributed by atoms with Crippen molar-refractivity contribution in [2.75, 3.05) is 17.2 Å². The fourth-order valence-corrected chi connectivity index (χ4v) is 7.05. The third kappa shape index (κ3) is 13.3. The number of anilines is 4. The molecule has 8 rings (SSSR count). The molecule has 0 saturated heterocycles. The topological polar surface area (TPSA) is 128 Å². The van der Waals surface area contributed by atoms with Crippen LogP contribution < -0.4 is 10.6 Å². The summed E-state index contributed by atoms with van der Waals surface area (Å²) >= 11 is 6.31. The van der Waals surface area contributed by atoms with Gasteiger partial charge in [0.1, 0.15) is 23.3 Å². The molecule has 0 saturated carbocycles. The summed E-state index contributed by atoms with van der Waals surface area (Å²) in [5.41, 5.74) is 11.5. The average Bonchev–Trinajstić information content (AvgIpc) is 3.27. The molecule has 0 atom stereocenters. The molecule has 0 radical (unpaired) electrons. The van der Waals surface area contributed by atoms with Gasteiger partial charge in [0.05, 0.1) is 22.9 Å². The monoisotopic (exact) mass is 866 g/mol. The Bertz CT molecular complexity index is 2810. The van der Waals surface area contributed by atoms with E-state index in [2.05, 4.69) is 149 Å². The third-order valence-corrected chi connectivity index (χ3v) is 10.4. The number of ether oxygens (including phenoxy) is 1. The fraction of sp³-hybridized carbons (Fsp3) is 0.189. The lowest BCUT2D eigenvalue weighted by atomic mass is 10.1. The zero-order chi connectivity index (χ0) is 44.8. The van der Waals surface area contributed by atoms with Gasteiger partial charge in [-0.1, -0.05) is 143 Å². The van der Waals surface area contributed by atoms with E-state index < -0.39 is 0 Å². The third-order valence-electron chi connectivity index (χ3n) is 10.1. The molecule has 8 aromatic rings. The van der Waals surface area contributed by atoms with Crippen LogP contribution in [0.3, 0.4) is 0 Å². The van der Waals surface area contributed by atoms with Gasteiger partial charge in [0.2, 0.25) is 11.9 Å². The maximum atomic E-state index is 11.9. The summed E-state index contributed by atoms with van der Waals surface area (Å²) < 4.78 is 5.05. The number of rotatable bonds is 14. The van der Waals surface area contributed by atoms with Crippen LogP contribution in [0.5, 0.6) is 0 Å². The average molecular weight is 867 g/mol. The highest BCUT2D eigenvalue weighted by atomic mass is 35.5. The molecule has 64 heavy (non-hydrogen) atoms. The second kappa shape index (κ2) is 21.7. The van der Waals surface area contributed by atoms with Gasteiger partial charge in [0, 0.05) is 31.4 Å². The SMILES string of the molecule is CCOC(=O)c1ccc(Nc2nc(Cc3ccc(C)cc3)nc(Cc3cccc(C)c3)n2)cc1.Cc1ccc(Cc2nc(Cc3cccc(C)c3)nc(Nc3ccccc3Cl)n2)cc1. The molecule has 2 aromatic heterocycles. The summed E-state index contributed by atoms with van der Waals surface area (Å²) in [4.78, 5) is 40.1. The van der Waals surface area contributed by atoms with E-state index in [4.69, 9.17) is 26.3 Å². The number of aromatic nitrogens is 6. The van der Waals surface area contributed by atoms with Crippen LogP contribution in [0, 0.1) is 27.7 Å². The molecular weight excluding hydrogens is 816 g/mol. The first-order valence-corrected chi connectivity index (χ1v) is 21.7. The van der Waals surface area contributed by atoms with Crippen molar-refractivity contribution in [2.24, 2.45) is 0 Å². The number of carbonyl (C=O) groups is 1. The van der Waals surface area contributed by atoms with Crippen LogP contribution in [0.4, 0.5) is 23.3 Å². The largest absolute Gasteiger partial charge is 0.462 e. The second-order valence-corrected chi connectivity index (χ2v) is 16.1. The van der Waals surface area contributed by atoms with Gasteiger partial charge in [-0.05, 0) is 93.3 Å². The number of nitrogens with one attached hydrogen (secondary N) is 2. The normalized spacial score (nSPS) is 10.7. The first-order valence-electron chi connectivity index (χ1n) is 21.3. The quantitative estimate of drug-likeness (QED) is 0.102. The van der Waals surface area contributed by atoms with Gasteiger partial charge in [-0.2, -0.15) is 19.9 Å². The first-order chi connectivity index (χ1) is 31.0. The second-order valence-electron chi connectivity index (χ2n) is 15.7. The molecule has 10 nitrogen and oxygen atoms in total. The molecule has 0 aliphatic carbocycles. The van der Waals surface area contributed by atoms with Crippen LogP contribution in [-0.4, -0.2) is 42.5 Å². The van der Waals surface area contributed by atoms with Crippen LogP contribution in [0.25, 0.3) is 0 Å². The number of nitrogens with zero attached hydrogens (tertiary/aromatic N) is 6. The van der Waals surface area contributed by atoms with E-state index in [1.807, 2.05) is 42.5 Å². The Morgan fingerprint density at radius 3 is 1.39 bits per heavy atom. The molecule has 2 heterocycles. The maximum absolute atomic E-state index is 11.9. The van der Waals surface area contributed by atoms with Crippen LogP contribution in [-0.2, 0) is 30.4 Å². The Morgan fingerprint density at radius 1 is 0.484 bits per heavy atom. The Kier molecular flexibility index (Phi) is 15.1. The molecule has 11 heteroatoms. The Balaban J connectivity index is 0.000000193. The van der Waals surface area contributed by atoms with Crippen LogP contribution >= 0.6 is 11.6 Å². The number of aryl methyl sites for hydroxylation is 4. The van der Waals surface area contributed by atoms with E-state index in [1.54, 1.807) is 19.1 Å². The van der Waals surface area contributed by atoms with Crippen molar-refractivity contribution in [3.8, 4) is 0 Å². The summed E-state index contributed by atoms with van der Waals surface area (Å²) in [6.07, 6.45) is 2.50. The van der Waals surface area contributed by atoms with E-state index in [-0.39, 0.29) is 5.97 Å². The van der Waals surface area contributed by atoms with Gasteiger partial charge >= 0.3 is 5.97 Å². The summed E-state index contributed by atoms with van der Waals surface area (Å²) in [5, 5.41) is 7.13. The van der Waals surface area contributed by atoms with Gasteiger partial charge in [-0.15, -0.1) is 0 Å². The van der Waals surface area contributed by atoms with Crippen LogP contribution in [0.15, 0.2) is 146 Å². The number of para-hydroxylation sites is 1. The highest BCUT2D eigenvalue weighted by Gasteiger charge is 2.13. The minimum Gasteiger partial charge on any atom is -0.462 e. The van der Waals surface area contributed by atoms with E-state index >= 15 is 0 Å². The molecule has 0 fully saturated rings. The molecule has 6 aromatic carbocycles. The molecule has 0 unspecified atom stereocenters. The Hall–Kier alpha value is -7.30. The lowest BCUT2D eigenvalue weighted by molar-refractivity contribution is 0.0526. The van der Waals surface area contributed by atoms with Crippen molar-refractivity contribution >= 4 is 40.8 Å². The summed E-state index contributed by atoms with van der Waals surface area (Å²) in [6, 6.07) is 48.2. The number of esters is 1. The van der Waals surface area contributed by atoms with Crippen LogP contribution in [0.2, 0.25) is 5.02 Å². The molecule has 0 aliphatic rings. The van der Waals surface area contributed by atoms with Gasteiger partial charge in [-0.3, -0.25) is 0 Å². The number of carbonyl (C=O) groups excluding carboxylic acids is 1. The Morgan fingerprint density at radius 2 is 0.938 bits per heavy atom. The van der Waals surface area contributed by atoms with E-state index in [0.29, 0.717) is 66.4 Å². The Labute approximate surface area is 380 Å². The summed E-state index contributed by atoms with van der Waals surface area (Å²) in [6.45, 7) is 10.4. The van der Waals surface area contributed by atoms with Crippen molar-refractivity contribution in [3.05, 3.63) is 224 Å². The maximum Gasteiger partial charge on any atom is 0.338 e. The smallest absolute Gasteiger partial charge is 0.338 e. The predicted molar refractivity (Wildman–Crippen MR) is 256 cm³/mol. The van der Waals surface area contributed by atoms with Crippen molar-refractivity contribution in [3.63, 3.8) is 0 Å². The van der Waals surface area contributed by atoms with Gasteiger partial charge in [0.25, 0.3) is 0 Å². The molecule has 0 aliphatic heterocycles. The fourth-order valence-electron chi connectivity index (χ4n) is 6.87. The number of benzene rings is 6. The summed E-state index contributed by atoms with van der Waals surface area (Å²) in [5.74, 6) is 3.50. The molecular formula is C53H51ClN8O2. The number of hydrogen-bond donors (Lipinski definition) is 2. The summed E-state index contributed by atoms with van der Waals surface area (Å²) in [7, 11) is 0. The van der Waals surface area contributed by atoms with Crippen LogP contribution in [0.1, 0.15) is 85.1 Å². The highest BCUT2D eigenvalue weighted by molar-refractivity contribution is 6.33. The van der Waals surface area contributed by atoms with E-state index in [0.717, 1.165) is 39.7 Å². The van der Waals surface area contributed by atoms with Crippen molar-refractivity contribution in [1.29, 1.82) is 0 Å². The minimum absolute atomic E-state index is 0.338. The highest BCUT2D eigenvalue weighted by Crippen LogP contribution is 2.24. The van der Waals surface area contributed by atoms with Gasteiger partial charge in [-0.25, -0.2) is 14.8 Å². The molecule has 0 amide bonds. The number of hydrogen-bond acceptors (Lipinski definition) is 10. The van der Waals surface area contributed by atoms with Crippen molar-refractivity contribution in [2.45, 2.75) is 60.3 Å². The molecule has 2 N–H and O–H groups in total. The standard InChI is InChI=1S/C28H28N4O2.C25H23ClN4/c1-4-34-27(33)23-12-14-24(15-13-23)29-28-31-25(17-21-10-8-19(2)9-11-21)30-26(32-28)18-22-7-5-6-20(3)16-22;1-17-10-12-19(13-11-17)15-23-28-24(16-20-7-5-6-18(2)14-20)30-25(29-23)27-22-9-4-3-8-21(22)26/h5-16H,4,17-18H2,1-3H3,(H,29,30,31,32);3-14H,15-16H2,1-2H3,(H,27,28,29,30). The predicted octanol–water partition coefficient (Wildman–Crippen LogP) is 11.7. The van der Waals surface area contributed by atoms with E-state index in [9.17, 15) is 4.79 Å². The zero-order valence-corrected chi connectivity index (χ0v) is 37.5. The molecule has 0 bridgehead atoms.